The summed E-state index contributed by atoms with van der Waals surface area (Å²) in [5.74, 6) is 0.538. The van der Waals surface area contributed by atoms with E-state index in [1.54, 1.807) is 24.3 Å². The van der Waals surface area contributed by atoms with Crippen molar-refractivity contribution in [3.05, 3.63) is 41.9 Å². The second kappa shape index (κ2) is 4.37. The van der Waals surface area contributed by atoms with Crippen LogP contribution in [0.25, 0.3) is 5.76 Å². The van der Waals surface area contributed by atoms with Gasteiger partial charge in [-0.25, -0.2) is 0 Å². The largest absolute Gasteiger partial charge is 0.737 e. The van der Waals surface area contributed by atoms with Gasteiger partial charge in [0.2, 0.25) is 11.5 Å². The Balaban J connectivity index is 2.06. The summed E-state index contributed by atoms with van der Waals surface area (Å²) in [6.07, 6.45) is 8.03. The summed E-state index contributed by atoms with van der Waals surface area (Å²) >= 11 is 0. The maximum atomic E-state index is 14.3. The number of unbranched alkanes of at least 4 members (excludes halogenated alkanes) is 1. The summed E-state index contributed by atoms with van der Waals surface area (Å²) in [6.45, 7) is -1.20. The van der Waals surface area contributed by atoms with E-state index in [0.717, 1.165) is 21.8 Å². The molecule has 19 heavy (non-hydrogen) atoms. The topological polar surface area (TPSA) is 17.2 Å². The van der Waals surface area contributed by atoms with Crippen LogP contribution in [0.1, 0.15) is 25.5 Å². The minimum atomic E-state index is -3.81. The molecule has 1 aromatic heterocycles. The zero-order valence-electron chi connectivity index (χ0n) is 10.7. The molecule has 100 valence electrons. The van der Waals surface area contributed by atoms with Crippen molar-refractivity contribution in [3.8, 4) is 0 Å². The number of halogens is 2. The van der Waals surface area contributed by atoms with Gasteiger partial charge >= 0.3 is 6.97 Å². The fourth-order valence-corrected chi connectivity index (χ4v) is 2.45. The number of fused-ring (bicyclic) bond motifs is 2. The molecule has 1 aromatic rings. The minimum Gasteiger partial charge on any atom is -0.486 e. The van der Waals surface area contributed by atoms with Crippen LogP contribution >= 0.6 is 0 Å². The highest BCUT2D eigenvalue weighted by Gasteiger charge is 2.51. The van der Waals surface area contributed by atoms with Gasteiger partial charge in [-0.05, 0) is 24.8 Å². The van der Waals surface area contributed by atoms with Crippen molar-refractivity contribution in [1.29, 1.82) is 0 Å². The third kappa shape index (κ3) is 1.74. The summed E-state index contributed by atoms with van der Waals surface area (Å²) < 4.78 is 36.4. The molecule has 0 atom stereocenters. The van der Waals surface area contributed by atoms with Gasteiger partial charge in [-0.3, -0.25) is 0 Å². The van der Waals surface area contributed by atoms with Crippen LogP contribution in [0.2, 0.25) is 0 Å². The number of hydrogen-bond donors (Lipinski definition) is 0. The molecule has 0 unspecified atom stereocenters. The number of ether oxygens (including phenoxy) is 1. The van der Waals surface area contributed by atoms with Crippen molar-refractivity contribution < 1.29 is 17.9 Å². The Morgan fingerprint density at radius 2 is 2.26 bits per heavy atom. The molecule has 3 rings (SSSR count). The van der Waals surface area contributed by atoms with Crippen LogP contribution in [0.15, 0.2) is 36.2 Å². The second-order valence-corrected chi connectivity index (χ2v) is 4.72. The number of allylic oxidation sites excluding steroid dienone is 2. The van der Waals surface area contributed by atoms with Crippen LogP contribution < -0.4 is 0 Å². The lowest BCUT2D eigenvalue weighted by atomic mass is 9.91. The first-order valence-corrected chi connectivity index (χ1v) is 6.53. The molecule has 0 bridgehead atoms. The molecule has 3 heterocycles. The summed E-state index contributed by atoms with van der Waals surface area (Å²) in [7, 11) is 0. The van der Waals surface area contributed by atoms with Crippen LogP contribution in [0.4, 0.5) is 8.63 Å². The van der Waals surface area contributed by atoms with Gasteiger partial charge in [0.15, 0.2) is 0 Å². The zero-order chi connectivity index (χ0) is 13.5. The van der Waals surface area contributed by atoms with Gasteiger partial charge < -0.3 is 22.3 Å². The average Bonchev–Trinajstić information content (AvgIpc) is 3.02. The van der Waals surface area contributed by atoms with Gasteiger partial charge in [0.05, 0.1) is 12.3 Å². The van der Waals surface area contributed by atoms with Crippen LogP contribution in [-0.2, 0) is 4.74 Å². The van der Waals surface area contributed by atoms with E-state index in [1.807, 2.05) is 0 Å². The van der Waals surface area contributed by atoms with Crippen molar-refractivity contribution in [2.75, 3.05) is 6.61 Å². The Bertz CT molecular complexity index is 602. The third-order valence-electron chi connectivity index (χ3n) is 3.44. The Labute approximate surface area is 110 Å². The Morgan fingerprint density at radius 1 is 1.42 bits per heavy atom. The van der Waals surface area contributed by atoms with E-state index >= 15 is 0 Å². The van der Waals surface area contributed by atoms with Crippen LogP contribution in [0.3, 0.4) is 0 Å². The number of nitrogens with zero attached hydrogens (tertiary/aromatic N) is 2. The average molecular weight is 264 g/mol. The second-order valence-electron chi connectivity index (χ2n) is 4.72. The number of aromatic nitrogens is 1. The van der Waals surface area contributed by atoms with Gasteiger partial charge in [0, 0.05) is 12.2 Å². The molecule has 3 nitrogen and oxygen atoms in total. The molecular formula is C13H15BF2N2O. The molecule has 0 spiro atoms. The molecule has 0 N–H and O–H groups in total. The lowest BCUT2D eigenvalue weighted by Crippen LogP contribution is -2.49. The maximum absolute atomic E-state index is 14.3. The van der Waals surface area contributed by atoms with E-state index in [2.05, 4.69) is 6.92 Å². The molecule has 0 aliphatic carbocycles. The monoisotopic (exact) mass is 264 g/mol. The predicted octanol–water partition coefficient (Wildman–Crippen LogP) is 2.86. The Kier molecular flexibility index (Phi) is 2.80. The van der Waals surface area contributed by atoms with Gasteiger partial charge in [-0.15, -0.1) is 0 Å². The normalized spacial score (nSPS) is 19.2. The third-order valence-corrected chi connectivity index (χ3v) is 3.44. The standard InChI is InChI=1S/C13H15BF2N2O/c1-2-3-10-19-13-11-6-4-8-17(11)14(15,16)18-9-5-7-12(13)18/h4-9H,2-3,10H2,1H3. The van der Waals surface area contributed by atoms with E-state index in [1.165, 1.54) is 12.4 Å². The van der Waals surface area contributed by atoms with Gasteiger partial charge in [0.1, 0.15) is 6.21 Å². The molecular weight excluding hydrogens is 249 g/mol. The van der Waals surface area contributed by atoms with Crippen molar-refractivity contribution in [2.24, 2.45) is 0 Å². The van der Waals surface area contributed by atoms with Gasteiger partial charge in [0.25, 0.3) is 0 Å². The van der Waals surface area contributed by atoms with Crippen LogP contribution in [0, 0.1) is 0 Å². The summed E-state index contributed by atoms with van der Waals surface area (Å²) in [4.78, 5) is 0. The number of rotatable bonds is 4. The SMILES string of the molecule is CCCCOC1=C2C=CC=[N+]2[B-](F)(F)n2cccc21. The highest BCUT2D eigenvalue weighted by molar-refractivity contribution is 6.57. The molecule has 0 saturated heterocycles. The molecule has 0 amide bonds. The van der Waals surface area contributed by atoms with E-state index in [0.29, 0.717) is 23.8 Å². The Hall–Kier alpha value is -1.85. The fraction of sp³-hybridized carbons (Fsp3) is 0.308. The van der Waals surface area contributed by atoms with E-state index in [9.17, 15) is 8.63 Å². The number of hydrogen-bond acceptors (Lipinski definition) is 1. The lowest BCUT2D eigenvalue weighted by Gasteiger charge is -2.30. The first-order valence-electron chi connectivity index (χ1n) is 6.53. The zero-order valence-corrected chi connectivity index (χ0v) is 10.7. The van der Waals surface area contributed by atoms with Crippen molar-refractivity contribution in [1.82, 2.24) is 4.48 Å². The molecule has 2 aliphatic rings. The van der Waals surface area contributed by atoms with Gasteiger partial charge in [-0.1, -0.05) is 13.3 Å². The van der Waals surface area contributed by atoms with Crippen molar-refractivity contribution >= 4 is 18.9 Å². The predicted molar refractivity (Wildman–Crippen MR) is 71.0 cm³/mol. The summed E-state index contributed by atoms with van der Waals surface area (Å²) in [5.41, 5.74) is 0.902. The quantitative estimate of drug-likeness (QED) is 0.603. The summed E-state index contributed by atoms with van der Waals surface area (Å²) in [6, 6.07) is 3.30. The highest BCUT2D eigenvalue weighted by atomic mass is 19.2. The van der Waals surface area contributed by atoms with Crippen molar-refractivity contribution in [2.45, 2.75) is 19.8 Å². The van der Waals surface area contributed by atoms with E-state index in [-0.39, 0.29) is 0 Å². The van der Waals surface area contributed by atoms with Crippen molar-refractivity contribution in [3.63, 3.8) is 0 Å². The lowest BCUT2D eigenvalue weighted by molar-refractivity contribution is -0.358. The maximum Gasteiger partial charge on any atom is 0.737 e. The molecule has 0 saturated carbocycles. The van der Waals surface area contributed by atoms with E-state index in [4.69, 9.17) is 4.74 Å². The summed E-state index contributed by atoms with van der Waals surface area (Å²) in [5, 5.41) is 0. The first-order chi connectivity index (χ1) is 9.16. The molecule has 0 aromatic carbocycles. The minimum absolute atomic E-state index is 0.451. The molecule has 0 radical (unpaired) electrons. The smallest absolute Gasteiger partial charge is 0.486 e. The first kappa shape index (κ1) is 12.2. The Morgan fingerprint density at radius 3 is 3.05 bits per heavy atom. The molecule has 0 fully saturated rings. The molecule has 6 heteroatoms. The molecule has 2 aliphatic heterocycles. The highest BCUT2D eigenvalue weighted by Crippen LogP contribution is 2.35. The fourth-order valence-electron chi connectivity index (χ4n) is 2.45. The van der Waals surface area contributed by atoms with Gasteiger partial charge in [-0.2, -0.15) is 0 Å². The van der Waals surface area contributed by atoms with Crippen LogP contribution in [-0.4, -0.2) is 28.8 Å². The van der Waals surface area contributed by atoms with Crippen LogP contribution in [0.5, 0.6) is 0 Å². The van der Waals surface area contributed by atoms with E-state index < -0.39 is 6.97 Å².